The molecular weight excluding hydrogens is 480 g/mol. The number of benzene rings is 1. The van der Waals surface area contributed by atoms with E-state index in [1.54, 1.807) is 27.3 Å². The zero-order valence-electron chi connectivity index (χ0n) is 20.4. The molecule has 4 rings (SSSR count). The van der Waals surface area contributed by atoms with Gasteiger partial charge in [-0.1, -0.05) is 36.0 Å². The predicted octanol–water partition coefficient (Wildman–Crippen LogP) is 3.56. The Bertz CT molecular complexity index is 1210. The number of ether oxygens (including phenoxy) is 3. The molecule has 0 saturated carbocycles. The summed E-state index contributed by atoms with van der Waals surface area (Å²) in [4.78, 5) is 37.0. The number of methoxy groups -OCH3 is 2. The molecule has 1 aromatic heterocycles. The minimum absolute atomic E-state index is 0.107. The molecule has 0 aliphatic carbocycles. The van der Waals surface area contributed by atoms with Crippen LogP contribution in [0.5, 0.6) is 5.75 Å². The number of pyridine rings is 1. The number of fused-ring (bicyclic) bond motifs is 1. The Morgan fingerprint density at radius 1 is 1.11 bits per heavy atom. The van der Waals surface area contributed by atoms with E-state index in [2.05, 4.69) is 15.3 Å². The number of aromatic nitrogens is 1. The maximum absolute atomic E-state index is 13.3. The summed E-state index contributed by atoms with van der Waals surface area (Å²) in [6, 6.07) is 12.5. The number of carbonyl (C=O) groups is 2. The van der Waals surface area contributed by atoms with Crippen LogP contribution in [-0.2, 0) is 25.6 Å². The Balaban J connectivity index is 1.63. The van der Waals surface area contributed by atoms with Gasteiger partial charge in [0.25, 0.3) is 0 Å². The number of carbonyl (C=O) groups excluding carboxylic acids is 2. The van der Waals surface area contributed by atoms with Crippen LogP contribution in [-0.4, -0.2) is 54.4 Å². The highest BCUT2D eigenvalue weighted by Crippen LogP contribution is 2.46. The van der Waals surface area contributed by atoms with E-state index in [9.17, 15) is 9.59 Å². The fourth-order valence-electron chi connectivity index (χ4n) is 4.03. The highest BCUT2D eigenvalue weighted by atomic mass is 32.2. The number of rotatable bonds is 10. The SMILES string of the molecule is COCCOC(=O)C1=C(C)N=C2SC=C(CC(=O)NCc3ccccn3)N2C1c1ccccc1OC. The molecule has 0 spiro atoms. The van der Waals surface area contributed by atoms with Crippen LogP contribution in [0.1, 0.15) is 30.6 Å². The van der Waals surface area contributed by atoms with Crippen LogP contribution in [0.25, 0.3) is 0 Å². The van der Waals surface area contributed by atoms with E-state index in [1.807, 2.05) is 52.8 Å². The van der Waals surface area contributed by atoms with Crippen LogP contribution in [0, 0.1) is 0 Å². The highest BCUT2D eigenvalue weighted by molar-refractivity contribution is 8.16. The van der Waals surface area contributed by atoms with Gasteiger partial charge in [-0.2, -0.15) is 0 Å². The number of para-hydroxylation sites is 1. The molecular formula is C26H28N4O5S. The van der Waals surface area contributed by atoms with Crippen LogP contribution >= 0.6 is 11.8 Å². The Kier molecular flexibility index (Phi) is 8.40. The number of amidine groups is 1. The summed E-state index contributed by atoms with van der Waals surface area (Å²) in [6.07, 6.45) is 1.80. The molecule has 1 unspecified atom stereocenters. The second-order valence-electron chi connectivity index (χ2n) is 8.04. The van der Waals surface area contributed by atoms with Gasteiger partial charge >= 0.3 is 5.97 Å². The molecule has 1 atom stereocenters. The second kappa shape index (κ2) is 11.9. The van der Waals surface area contributed by atoms with Crippen molar-refractivity contribution in [3.05, 3.63) is 82.3 Å². The molecule has 2 aliphatic heterocycles. The van der Waals surface area contributed by atoms with Gasteiger partial charge in [-0.05, 0) is 30.5 Å². The van der Waals surface area contributed by atoms with E-state index in [4.69, 9.17) is 14.2 Å². The third-order valence-corrected chi connectivity index (χ3v) is 6.60. The van der Waals surface area contributed by atoms with E-state index >= 15 is 0 Å². The van der Waals surface area contributed by atoms with Gasteiger partial charge in [-0.3, -0.25) is 9.78 Å². The summed E-state index contributed by atoms with van der Waals surface area (Å²) in [5.74, 6) is -0.0308. The van der Waals surface area contributed by atoms with Crippen LogP contribution < -0.4 is 10.1 Å². The molecule has 1 amide bonds. The predicted molar refractivity (Wildman–Crippen MR) is 137 cm³/mol. The minimum atomic E-state index is -0.575. The summed E-state index contributed by atoms with van der Waals surface area (Å²) in [5, 5.41) is 5.50. The fourth-order valence-corrected chi connectivity index (χ4v) is 5.00. The molecule has 3 heterocycles. The quantitative estimate of drug-likeness (QED) is 0.384. The maximum atomic E-state index is 13.3. The van der Waals surface area contributed by atoms with Crippen molar-refractivity contribution in [1.29, 1.82) is 0 Å². The summed E-state index contributed by atoms with van der Waals surface area (Å²) >= 11 is 1.42. The first-order chi connectivity index (χ1) is 17.5. The third kappa shape index (κ3) is 5.60. The second-order valence-corrected chi connectivity index (χ2v) is 8.87. The number of allylic oxidation sites excluding steroid dienone is 1. The standard InChI is InChI=1S/C26H28N4O5S/c1-17-23(25(32)35-13-12-33-2)24(20-9-4-5-10-21(20)34-3)30-19(16-36-26(30)29-17)14-22(31)28-15-18-8-6-7-11-27-18/h4-11,16,24H,12-15H2,1-3H3,(H,28,31). The van der Waals surface area contributed by atoms with E-state index in [0.717, 1.165) is 17.0 Å². The molecule has 2 aromatic rings. The van der Waals surface area contributed by atoms with Gasteiger partial charge in [0.2, 0.25) is 5.91 Å². The van der Waals surface area contributed by atoms with E-state index < -0.39 is 12.0 Å². The van der Waals surface area contributed by atoms with Crippen LogP contribution in [0.3, 0.4) is 0 Å². The number of aliphatic imine (C=N–C) groups is 1. The molecule has 10 heteroatoms. The summed E-state index contributed by atoms with van der Waals surface area (Å²) < 4.78 is 16.2. The zero-order chi connectivity index (χ0) is 25.5. The molecule has 188 valence electrons. The van der Waals surface area contributed by atoms with Crippen molar-refractivity contribution in [2.45, 2.75) is 25.9 Å². The summed E-state index contributed by atoms with van der Waals surface area (Å²) in [6.45, 7) is 2.52. The molecule has 0 saturated heterocycles. The van der Waals surface area contributed by atoms with Gasteiger partial charge in [-0.25, -0.2) is 9.79 Å². The largest absolute Gasteiger partial charge is 0.496 e. The number of amides is 1. The van der Waals surface area contributed by atoms with Gasteiger partial charge in [-0.15, -0.1) is 0 Å². The molecule has 0 bridgehead atoms. The lowest BCUT2D eigenvalue weighted by molar-refractivity contribution is -0.141. The molecule has 0 radical (unpaired) electrons. The first-order valence-corrected chi connectivity index (χ1v) is 12.3. The monoisotopic (exact) mass is 508 g/mol. The first-order valence-electron chi connectivity index (χ1n) is 11.4. The lowest BCUT2D eigenvalue weighted by Gasteiger charge is -2.36. The summed E-state index contributed by atoms with van der Waals surface area (Å²) in [5.41, 5.74) is 3.21. The molecule has 2 aliphatic rings. The number of hydrogen-bond acceptors (Lipinski definition) is 9. The average Bonchev–Trinajstić information content (AvgIpc) is 3.29. The number of nitrogens with one attached hydrogen (secondary N) is 1. The normalized spacial score (nSPS) is 16.8. The lowest BCUT2D eigenvalue weighted by Crippen LogP contribution is -2.38. The van der Waals surface area contributed by atoms with Gasteiger partial charge < -0.3 is 24.4 Å². The van der Waals surface area contributed by atoms with Crippen molar-refractivity contribution < 1.29 is 23.8 Å². The van der Waals surface area contributed by atoms with Crippen molar-refractivity contribution >= 4 is 28.8 Å². The van der Waals surface area contributed by atoms with Crippen LogP contribution in [0.4, 0.5) is 0 Å². The van der Waals surface area contributed by atoms with Gasteiger partial charge in [0.15, 0.2) is 5.17 Å². The van der Waals surface area contributed by atoms with E-state index in [0.29, 0.717) is 28.7 Å². The lowest BCUT2D eigenvalue weighted by atomic mass is 9.93. The molecule has 1 aromatic carbocycles. The molecule has 36 heavy (non-hydrogen) atoms. The Labute approximate surface area is 214 Å². The smallest absolute Gasteiger partial charge is 0.338 e. The van der Waals surface area contributed by atoms with Crippen molar-refractivity contribution in [3.63, 3.8) is 0 Å². The Morgan fingerprint density at radius 3 is 2.67 bits per heavy atom. The van der Waals surface area contributed by atoms with Crippen LogP contribution in [0.15, 0.2) is 76.0 Å². The fraction of sp³-hybridized carbons (Fsp3) is 0.308. The number of hydrogen-bond donors (Lipinski definition) is 1. The van der Waals surface area contributed by atoms with Crippen molar-refractivity contribution in [2.24, 2.45) is 4.99 Å². The maximum Gasteiger partial charge on any atom is 0.338 e. The van der Waals surface area contributed by atoms with Crippen molar-refractivity contribution in [1.82, 2.24) is 15.2 Å². The first kappa shape index (κ1) is 25.5. The third-order valence-electron chi connectivity index (χ3n) is 5.71. The Hall–Kier alpha value is -3.63. The number of nitrogens with zero attached hydrogens (tertiary/aromatic N) is 3. The topological polar surface area (TPSA) is 102 Å². The van der Waals surface area contributed by atoms with Crippen molar-refractivity contribution in [3.8, 4) is 5.75 Å². The van der Waals surface area contributed by atoms with Crippen LogP contribution in [0.2, 0.25) is 0 Å². The zero-order valence-corrected chi connectivity index (χ0v) is 21.2. The van der Waals surface area contributed by atoms with E-state index in [-0.39, 0.29) is 25.5 Å². The van der Waals surface area contributed by atoms with Gasteiger partial charge in [0.05, 0.1) is 49.7 Å². The molecule has 0 fully saturated rings. The number of thioether (sulfide) groups is 1. The average molecular weight is 509 g/mol. The highest BCUT2D eigenvalue weighted by Gasteiger charge is 2.42. The Morgan fingerprint density at radius 2 is 1.92 bits per heavy atom. The number of esters is 1. The van der Waals surface area contributed by atoms with Gasteiger partial charge in [0.1, 0.15) is 12.4 Å². The minimum Gasteiger partial charge on any atom is -0.496 e. The molecule has 1 N–H and O–H groups in total. The van der Waals surface area contributed by atoms with Gasteiger partial charge in [0, 0.05) is 24.6 Å². The molecule has 9 nitrogen and oxygen atoms in total. The van der Waals surface area contributed by atoms with Crippen molar-refractivity contribution in [2.75, 3.05) is 27.4 Å². The van der Waals surface area contributed by atoms with E-state index in [1.165, 1.54) is 11.8 Å². The summed E-state index contributed by atoms with van der Waals surface area (Å²) in [7, 11) is 3.13.